The Morgan fingerprint density at radius 3 is 2.56 bits per heavy atom. The molecule has 0 saturated heterocycles. The Bertz CT molecular complexity index is 1610. The van der Waals surface area contributed by atoms with Crippen LogP contribution in [0.3, 0.4) is 0 Å². The van der Waals surface area contributed by atoms with Crippen LogP contribution in [0, 0.1) is 17.2 Å². The van der Waals surface area contributed by atoms with Gasteiger partial charge >= 0.3 is 0 Å². The van der Waals surface area contributed by atoms with Crippen LogP contribution in [0.15, 0.2) is 59.0 Å². The number of aromatic nitrogens is 1. The molecule has 8 heteroatoms. The molecule has 0 radical (unpaired) electrons. The van der Waals surface area contributed by atoms with Crippen molar-refractivity contribution >= 4 is 28.7 Å². The molecular weight excluding hydrogens is 459 g/mol. The molecule has 0 aliphatic heterocycles. The summed E-state index contributed by atoms with van der Waals surface area (Å²) in [4.78, 5) is 30.3. The van der Waals surface area contributed by atoms with Crippen LogP contribution >= 0.6 is 0 Å². The molecule has 3 unspecified atom stereocenters. The van der Waals surface area contributed by atoms with E-state index in [-0.39, 0.29) is 40.2 Å². The molecule has 2 amide bonds. The largest absolute Gasteiger partial charge is 0.437 e. The molecule has 3 saturated carbocycles. The Morgan fingerprint density at radius 1 is 1.08 bits per heavy atom. The van der Waals surface area contributed by atoms with E-state index in [1.807, 2.05) is 12.1 Å². The Hall–Kier alpha value is -4.20. The average Bonchev–Trinajstić information content (AvgIpc) is 3.55. The molecule has 2 heterocycles. The molecule has 3 fully saturated rings. The number of hydrogen-bond donors (Lipinski definition) is 3. The number of nitrogen functional groups attached to an aromatic ring is 1. The number of hydrogen-bond acceptors (Lipinski definition) is 5. The first-order valence-electron chi connectivity index (χ1n) is 12.0. The van der Waals surface area contributed by atoms with E-state index in [0.717, 1.165) is 18.8 Å². The first-order chi connectivity index (χ1) is 17.3. The van der Waals surface area contributed by atoms with Gasteiger partial charge < -0.3 is 20.8 Å². The Labute approximate surface area is 205 Å². The van der Waals surface area contributed by atoms with Crippen molar-refractivity contribution in [2.24, 2.45) is 11.3 Å². The van der Waals surface area contributed by atoms with Gasteiger partial charge in [-0.05, 0) is 78.6 Å². The summed E-state index contributed by atoms with van der Waals surface area (Å²) in [6.07, 6.45) is 3.43. The van der Waals surface area contributed by atoms with E-state index in [1.54, 1.807) is 30.3 Å². The quantitative estimate of drug-likeness (QED) is 0.387. The number of nitrogens with one attached hydrogen (secondary N) is 2. The summed E-state index contributed by atoms with van der Waals surface area (Å²) in [5.41, 5.74) is 9.60. The molecule has 180 valence electrons. The highest BCUT2D eigenvalue weighted by Gasteiger charge is 2.89. The summed E-state index contributed by atoms with van der Waals surface area (Å²) in [7, 11) is 1.53. The van der Waals surface area contributed by atoms with Gasteiger partial charge in [0.05, 0.1) is 10.9 Å². The summed E-state index contributed by atoms with van der Waals surface area (Å²) in [6.45, 7) is 0. The van der Waals surface area contributed by atoms with E-state index in [4.69, 9.17) is 10.2 Å². The molecule has 2 aromatic heterocycles. The second kappa shape index (κ2) is 6.94. The molecule has 7 rings (SSSR count). The van der Waals surface area contributed by atoms with Crippen LogP contribution in [-0.4, -0.2) is 29.4 Å². The van der Waals surface area contributed by atoms with E-state index in [9.17, 15) is 14.0 Å². The molecule has 7 nitrogen and oxygen atoms in total. The molecule has 3 aliphatic rings. The van der Waals surface area contributed by atoms with Gasteiger partial charge in [0.15, 0.2) is 0 Å². The van der Waals surface area contributed by atoms with Gasteiger partial charge in [-0.1, -0.05) is 12.1 Å². The van der Waals surface area contributed by atoms with E-state index < -0.39 is 5.82 Å². The zero-order valence-electron chi connectivity index (χ0n) is 19.5. The maximum Gasteiger partial charge on any atom is 0.255 e. The molecule has 2 aromatic carbocycles. The third kappa shape index (κ3) is 2.81. The summed E-state index contributed by atoms with van der Waals surface area (Å²) >= 11 is 0. The molecule has 3 aliphatic carbocycles. The fraction of sp³-hybridized carbons (Fsp3) is 0.250. The second-order valence-electron chi connectivity index (χ2n) is 10.2. The minimum absolute atomic E-state index is 0.0141. The summed E-state index contributed by atoms with van der Waals surface area (Å²) in [5.74, 6) is 0.456. The van der Waals surface area contributed by atoms with E-state index in [1.165, 1.54) is 25.6 Å². The first kappa shape index (κ1) is 21.1. The number of carbonyl (C=O) groups excluding carboxylic acids is 2. The van der Waals surface area contributed by atoms with Crippen LogP contribution in [0.4, 0.5) is 10.2 Å². The molecular formula is C28H23FN4O3. The van der Waals surface area contributed by atoms with Crippen molar-refractivity contribution in [1.82, 2.24) is 15.6 Å². The molecule has 36 heavy (non-hydrogen) atoms. The van der Waals surface area contributed by atoms with E-state index in [0.29, 0.717) is 33.1 Å². The van der Waals surface area contributed by atoms with Crippen molar-refractivity contribution in [2.45, 2.75) is 24.8 Å². The number of halogens is 1. The van der Waals surface area contributed by atoms with Crippen LogP contribution in [0.1, 0.15) is 40.0 Å². The maximum absolute atomic E-state index is 13.5. The summed E-state index contributed by atoms with van der Waals surface area (Å²) in [5, 5.41) is 6.37. The standard InChI is InChI=1S/C28H23FN4O3/c1-31-25(35)21-20-10-19(23(30)32-26(20)36-22(21)14-5-7-18(29)8-6-14)15-3-2-4-16(9-15)24(34)33-28-12-17-11-27(17,28)13-28/h2-10,17H,11-13H2,1H3,(H2,30,32)(H,31,35)(H,33,34). The van der Waals surface area contributed by atoms with Gasteiger partial charge in [-0.25, -0.2) is 4.39 Å². The van der Waals surface area contributed by atoms with Crippen molar-refractivity contribution < 1.29 is 18.4 Å². The van der Waals surface area contributed by atoms with Gasteiger partial charge in [-0.3, -0.25) is 9.59 Å². The summed E-state index contributed by atoms with van der Waals surface area (Å²) < 4.78 is 19.4. The minimum atomic E-state index is -0.393. The predicted molar refractivity (Wildman–Crippen MR) is 133 cm³/mol. The van der Waals surface area contributed by atoms with Gasteiger partial charge in [0, 0.05) is 29.3 Å². The number of carbonyl (C=O) groups is 2. The maximum atomic E-state index is 13.5. The third-order valence-corrected chi connectivity index (χ3v) is 8.33. The Kier molecular flexibility index (Phi) is 4.07. The number of rotatable bonds is 5. The van der Waals surface area contributed by atoms with Crippen LogP contribution in [0.2, 0.25) is 0 Å². The van der Waals surface area contributed by atoms with Gasteiger partial charge in [0.25, 0.3) is 11.8 Å². The fourth-order valence-corrected chi connectivity index (χ4v) is 6.27. The van der Waals surface area contributed by atoms with Crippen LogP contribution in [0.25, 0.3) is 33.6 Å². The lowest BCUT2D eigenvalue weighted by molar-refractivity contribution is 0.0904. The van der Waals surface area contributed by atoms with Crippen molar-refractivity contribution in [3.63, 3.8) is 0 Å². The van der Waals surface area contributed by atoms with Crippen LogP contribution in [-0.2, 0) is 0 Å². The normalized spacial score (nSPS) is 24.9. The lowest BCUT2D eigenvalue weighted by Gasteiger charge is -2.26. The number of pyridine rings is 1. The smallest absolute Gasteiger partial charge is 0.255 e. The molecule has 0 bridgehead atoms. The topological polar surface area (TPSA) is 110 Å². The number of benzene rings is 2. The number of nitrogens with two attached hydrogens (primary N) is 1. The molecule has 4 N–H and O–H groups in total. The summed E-state index contributed by atoms with van der Waals surface area (Å²) in [6, 6.07) is 14.7. The number of furan rings is 1. The van der Waals surface area contributed by atoms with Gasteiger partial charge in [0.2, 0.25) is 5.71 Å². The van der Waals surface area contributed by atoms with Gasteiger partial charge in [-0.2, -0.15) is 4.98 Å². The highest BCUT2D eigenvalue weighted by Crippen LogP contribution is 2.89. The van der Waals surface area contributed by atoms with Gasteiger partial charge in [0.1, 0.15) is 17.4 Å². The van der Waals surface area contributed by atoms with Gasteiger partial charge in [-0.15, -0.1) is 0 Å². The van der Waals surface area contributed by atoms with Crippen molar-refractivity contribution in [3.8, 4) is 22.5 Å². The Morgan fingerprint density at radius 2 is 1.89 bits per heavy atom. The number of nitrogens with zero attached hydrogens (tertiary/aromatic N) is 1. The second-order valence-corrected chi connectivity index (χ2v) is 10.2. The molecule has 3 atom stereocenters. The van der Waals surface area contributed by atoms with Crippen molar-refractivity contribution in [1.29, 1.82) is 0 Å². The van der Waals surface area contributed by atoms with Crippen molar-refractivity contribution in [2.75, 3.05) is 12.8 Å². The highest BCUT2D eigenvalue weighted by molar-refractivity contribution is 6.11. The lowest BCUT2D eigenvalue weighted by Crippen LogP contribution is -2.43. The zero-order chi connectivity index (χ0) is 24.8. The minimum Gasteiger partial charge on any atom is -0.437 e. The SMILES string of the molecule is CNC(=O)c1c(-c2ccc(F)cc2)oc2nc(N)c(-c3cccc(C(=O)NC45CC6CC64C5)c3)cc12. The van der Waals surface area contributed by atoms with E-state index >= 15 is 0 Å². The number of fused-ring (bicyclic) bond motifs is 1. The molecule has 1 spiro atoms. The lowest BCUT2D eigenvalue weighted by atomic mass is 9.92. The number of amides is 2. The average molecular weight is 483 g/mol. The fourth-order valence-electron chi connectivity index (χ4n) is 6.27. The molecule has 4 aromatic rings. The predicted octanol–water partition coefficient (Wildman–Crippen LogP) is 4.53. The Balaban J connectivity index is 1.29. The third-order valence-electron chi connectivity index (χ3n) is 8.33. The monoisotopic (exact) mass is 482 g/mol. The highest BCUT2D eigenvalue weighted by atomic mass is 19.1. The van der Waals surface area contributed by atoms with E-state index in [2.05, 4.69) is 15.6 Å². The number of anilines is 1. The van der Waals surface area contributed by atoms with Crippen molar-refractivity contribution in [3.05, 3.63) is 71.5 Å². The van der Waals surface area contributed by atoms with Crippen LogP contribution in [0.5, 0.6) is 0 Å². The zero-order valence-corrected chi connectivity index (χ0v) is 19.5. The first-order valence-corrected chi connectivity index (χ1v) is 12.0. The van der Waals surface area contributed by atoms with Crippen LogP contribution < -0.4 is 16.4 Å².